The molecule has 0 atom stereocenters. The molecule has 0 amide bonds. The van der Waals surface area contributed by atoms with Gasteiger partial charge < -0.3 is 10.3 Å². The zero-order valence-electron chi connectivity index (χ0n) is 6.02. The summed E-state index contributed by atoms with van der Waals surface area (Å²) in [5.41, 5.74) is 0.520. The minimum absolute atomic E-state index is 0.000926. The molecule has 1 rings (SSSR count). The first-order valence-electron chi connectivity index (χ1n) is 3.10. The summed E-state index contributed by atoms with van der Waals surface area (Å²) in [6, 6.07) is 0. The highest BCUT2D eigenvalue weighted by Gasteiger charge is 2.05. The van der Waals surface area contributed by atoms with Gasteiger partial charge in [-0.2, -0.15) is 0 Å². The first-order valence-corrected chi connectivity index (χ1v) is 4.22. The van der Waals surface area contributed by atoms with Crippen molar-refractivity contribution in [1.29, 1.82) is 0 Å². The van der Waals surface area contributed by atoms with Crippen LogP contribution in [0.3, 0.4) is 0 Å². The van der Waals surface area contributed by atoms with Gasteiger partial charge in [-0.3, -0.25) is 4.79 Å². The summed E-state index contributed by atoms with van der Waals surface area (Å²) in [6.07, 6.45) is 1.51. The van der Waals surface area contributed by atoms with Gasteiger partial charge in [-0.15, -0.1) is 0 Å². The second-order valence-corrected chi connectivity index (χ2v) is 2.51. The summed E-state index contributed by atoms with van der Waals surface area (Å²) in [6.45, 7) is 0. The summed E-state index contributed by atoms with van der Waals surface area (Å²) in [5.74, 6) is 0.605. The lowest BCUT2D eigenvalue weighted by Gasteiger charge is -1.90. The minimum Gasteiger partial charge on any atom is -0.359 e. The van der Waals surface area contributed by atoms with Gasteiger partial charge in [-0.1, -0.05) is 15.9 Å². The van der Waals surface area contributed by atoms with Crippen LogP contribution in [0.2, 0.25) is 0 Å². The van der Waals surface area contributed by atoms with E-state index < -0.39 is 0 Å². The van der Waals surface area contributed by atoms with E-state index >= 15 is 0 Å². The summed E-state index contributed by atoms with van der Waals surface area (Å²) in [4.78, 5) is 17.7. The third-order valence-electron chi connectivity index (χ3n) is 1.23. The van der Waals surface area contributed by atoms with Gasteiger partial charge in [-0.05, 0) is 0 Å². The number of hydrogen-bond acceptors (Lipinski definition) is 3. The molecule has 0 aliphatic heterocycles. The first kappa shape index (κ1) is 8.26. The molecule has 0 spiro atoms. The number of aromatic nitrogens is 2. The van der Waals surface area contributed by atoms with Gasteiger partial charge in [-0.25, -0.2) is 4.98 Å². The summed E-state index contributed by atoms with van der Waals surface area (Å²) < 4.78 is 0. The Morgan fingerprint density at radius 3 is 3.09 bits per heavy atom. The van der Waals surface area contributed by atoms with Crippen molar-refractivity contribution in [2.75, 3.05) is 17.7 Å². The van der Waals surface area contributed by atoms with Gasteiger partial charge in [0, 0.05) is 7.05 Å². The smallest absolute Gasteiger partial charge is 0.200 e. The van der Waals surface area contributed by atoms with Crippen LogP contribution in [0.1, 0.15) is 10.5 Å². The van der Waals surface area contributed by atoms with E-state index in [1.165, 1.54) is 6.20 Å². The number of aromatic amines is 1. The molecule has 0 aliphatic rings. The molecule has 0 bridgehead atoms. The molecule has 0 aliphatic carbocycles. The van der Waals surface area contributed by atoms with E-state index in [0.29, 0.717) is 17.0 Å². The molecule has 0 saturated heterocycles. The monoisotopic (exact) mass is 217 g/mol. The fraction of sp³-hybridized carbons (Fsp3) is 0.333. The zero-order chi connectivity index (χ0) is 8.27. The third kappa shape index (κ3) is 1.80. The first-order chi connectivity index (χ1) is 5.27. The maximum atomic E-state index is 11.0. The Kier molecular flexibility index (Phi) is 2.64. The Morgan fingerprint density at radius 2 is 2.64 bits per heavy atom. The second-order valence-electron chi connectivity index (χ2n) is 1.95. The van der Waals surface area contributed by atoms with Crippen LogP contribution in [-0.4, -0.2) is 28.1 Å². The number of carbonyl (C=O) groups excluding carboxylic acids is 1. The molecule has 11 heavy (non-hydrogen) atoms. The summed E-state index contributed by atoms with van der Waals surface area (Å²) in [7, 11) is 1.74. The number of carbonyl (C=O) groups is 1. The van der Waals surface area contributed by atoms with Crippen molar-refractivity contribution < 1.29 is 4.79 Å². The molecule has 0 aromatic carbocycles. The molecule has 0 radical (unpaired) electrons. The topological polar surface area (TPSA) is 57.8 Å². The Hall–Kier alpha value is -0.840. The predicted octanol–water partition coefficient (Wildman–Crippen LogP) is 1.03. The molecule has 0 saturated carbocycles. The van der Waals surface area contributed by atoms with Crippen molar-refractivity contribution >= 4 is 27.7 Å². The normalized spacial score (nSPS) is 9.64. The Labute approximate surface area is 72.5 Å². The van der Waals surface area contributed by atoms with Crippen LogP contribution in [0.25, 0.3) is 0 Å². The molecule has 60 valence electrons. The lowest BCUT2D eigenvalue weighted by Crippen LogP contribution is -2.00. The number of rotatable bonds is 3. The fourth-order valence-electron chi connectivity index (χ4n) is 0.662. The van der Waals surface area contributed by atoms with E-state index in [1.54, 1.807) is 7.05 Å². The lowest BCUT2D eigenvalue weighted by molar-refractivity contribution is 0.101. The molecule has 0 fully saturated rings. The molecule has 1 heterocycles. The van der Waals surface area contributed by atoms with Crippen molar-refractivity contribution in [3.05, 3.63) is 11.9 Å². The molecular formula is C6H8BrN3O. The van der Waals surface area contributed by atoms with E-state index in [1.807, 2.05) is 0 Å². The number of Topliss-reactive ketones (excluding diaryl/α,β-unsaturated/α-hetero) is 1. The average Bonchev–Trinajstić information content (AvgIpc) is 2.50. The quantitative estimate of drug-likeness (QED) is 0.588. The van der Waals surface area contributed by atoms with Crippen molar-refractivity contribution in [1.82, 2.24) is 9.97 Å². The number of nitrogens with one attached hydrogen (secondary N) is 2. The van der Waals surface area contributed by atoms with E-state index in [4.69, 9.17) is 0 Å². The van der Waals surface area contributed by atoms with Crippen molar-refractivity contribution in [2.45, 2.75) is 0 Å². The average molecular weight is 218 g/mol. The van der Waals surface area contributed by atoms with Gasteiger partial charge in [0.15, 0.2) is 11.7 Å². The van der Waals surface area contributed by atoms with Gasteiger partial charge in [0.1, 0.15) is 5.69 Å². The third-order valence-corrected chi connectivity index (χ3v) is 1.74. The number of H-pyrrole nitrogens is 1. The SMILES string of the molecule is CNc1ncc(C(=O)CBr)[nH]1. The predicted molar refractivity (Wildman–Crippen MR) is 46.3 cm³/mol. The number of hydrogen-bond donors (Lipinski definition) is 2. The number of nitrogens with zero attached hydrogens (tertiary/aromatic N) is 1. The standard InChI is InChI=1S/C6H8BrN3O/c1-8-6-9-3-4(10-6)5(11)2-7/h3H,2H2,1H3,(H2,8,9,10). The summed E-state index contributed by atoms with van der Waals surface area (Å²) >= 11 is 3.06. The largest absolute Gasteiger partial charge is 0.359 e. The second kappa shape index (κ2) is 3.52. The van der Waals surface area contributed by atoms with E-state index in [0.717, 1.165) is 0 Å². The Bertz CT molecular complexity index is 258. The maximum Gasteiger partial charge on any atom is 0.200 e. The number of imidazole rings is 1. The molecule has 5 heteroatoms. The maximum absolute atomic E-state index is 11.0. The van der Waals surface area contributed by atoms with Crippen LogP contribution >= 0.6 is 15.9 Å². The van der Waals surface area contributed by atoms with Crippen LogP contribution in [0.4, 0.5) is 5.95 Å². The van der Waals surface area contributed by atoms with Gasteiger partial charge in [0.25, 0.3) is 0 Å². The van der Waals surface area contributed by atoms with E-state index in [2.05, 4.69) is 31.2 Å². The minimum atomic E-state index is -0.000926. The number of anilines is 1. The van der Waals surface area contributed by atoms with Crippen molar-refractivity contribution in [3.8, 4) is 0 Å². The molecule has 1 aromatic heterocycles. The van der Waals surface area contributed by atoms with Gasteiger partial charge in [0.05, 0.1) is 11.5 Å². The molecule has 4 nitrogen and oxygen atoms in total. The van der Waals surface area contributed by atoms with Crippen LogP contribution in [-0.2, 0) is 0 Å². The van der Waals surface area contributed by atoms with E-state index in [9.17, 15) is 4.79 Å². The fourth-order valence-corrected chi connectivity index (χ4v) is 0.964. The number of ketones is 1. The van der Waals surface area contributed by atoms with Crippen LogP contribution in [0.5, 0.6) is 0 Å². The van der Waals surface area contributed by atoms with Crippen LogP contribution < -0.4 is 5.32 Å². The highest BCUT2D eigenvalue weighted by atomic mass is 79.9. The molecule has 1 aromatic rings. The van der Waals surface area contributed by atoms with Crippen LogP contribution in [0.15, 0.2) is 6.20 Å². The van der Waals surface area contributed by atoms with Gasteiger partial charge >= 0.3 is 0 Å². The van der Waals surface area contributed by atoms with Gasteiger partial charge in [0.2, 0.25) is 0 Å². The Balaban J connectivity index is 2.80. The lowest BCUT2D eigenvalue weighted by atomic mass is 10.3. The van der Waals surface area contributed by atoms with Crippen molar-refractivity contribution in [2.24, 2.45) is 0 Å². The van der Waals surface area contributed by atoms with Crippen molar-refractivity contribution in [3.63, 3.8) is 0 Å². The number of halogens is 1. The highest BCUT2D eigenvalue weighted by molar-refractivity contribution is 9.09. The zero-order valence-corrected chi connectivity index (χ0v) is 7.60. The molecule has 2 N–H and O–H groups in total. The molecule has 0 unspecified atom stereocenters. The van der Waals surface area contributed by atoms with Crippen LogP contribution in [0, 0.1) is 0 Å². The Morgan fingerprint density at radius 1 is 1.91 bits per heavy atom. The van der Waals surface area contributed by atoms with E-state index in [-0.39, 0.29) is 5.78 Å². The number of alkyl halides is 1. The highest BCUT2D eigenvalue weighted by Crippen LogP contribution is 2.02. The molecular weight excluding hydrogens is 210 g/mol. The summed E-state index contributed by atoms with van der Waals surface area (Å²) in [5, 5.41) is 3.11.